The molecule has 0 radical (unpaired) electrons. The SMILES string of the molecule is COc1cc2oc(=O)ccc2c(-c2c(OC)c(OC)cc3ccc(=O)oc23)c1OC. The Bertz CT molecular complexity index is 1380. The molecular weight excluding hydrogens is 392 g/mol. The first-order chi connectivity index (χ1) is 14.5. The quantitative estimate of drug-likeness (QED) is 0.461. The van der Waals surface area contributed by atoms with Gasteiger partial charge in [-0.05, 0) is 18.2 Å². The van der Waals surface area contributed by atoms with E-state index < -0.39 is 11.3 Å². The molecule has 4 rings (SSSR count). The zero-order valence-corrected chi connectivity index (χ0v) is 16.7. The molecule has 0 unspecified atom stereocenters. The minimum Gasteiger partial charge on any atom is -0.493 e. The van der Waals surface area contributed by atoms with Gasteiger partial charge in [-0.1, -0.05) is 0 Å². The van der Waals surface area contributed by atoms with Gasteiger partial charge in [-0.3, -0.25) is 0 Å². The zero-order chi connectivity index (χ0) is 21.4. The van der Waals surface area contributed by atoms with Gasteiger partial charge in [0.1, 0.15) is 11.2 Å². The van der Waals surface area contributed by atoms with Crippen LogP contribution in [0.5, 0.6) is 23.0 Å². The van der Waals surface area contributed by atoms with E-state index in [-0.39, 0.29) is 11.2 Å². The lowest BCUT2D eigenvalue weighted by atomic mass is 9.95. The molecule has 4 aromatic rings. The van der Waals surface area contributed by atoms with Crippen LogP contribution in [0.2, 0.25) is 0 Å². The van der Waals surface area contributed by atoms with E-state index >= 15 is 0 Å². The standard InChI is InChI=1S/C22H18O8/c1-25-14-9-11-5-7-17(24)30-20(11)19(22(14)28-4)18-12-6-8-16(23)29-13(12)10-15(26-2)21(18)27-3/h5-10H,1-4H3. The molecule has 2 aromatic heterocycles. The molecule has 154 valence electrons. The van der Waals surface area contributed by atoms with Gasteiger partial charge in [0.25, 0.3) is 0 Å². The molecule has 0 amide bonds. The molecule has 8 heteroatoms. The predicted octanol–water partition coefficient (Wildman–Crippen LogP) is 3.60. The van der Waals surface area contributed by atoms with Crippen LogP contribution in [0.4, 0.5) is 0 Å². The zero-order valence-electron chi connectivity index (χ0n) is 16.7. The van der Waals surface area contributed by atoms with Crippen LogP contribution in [-0.2, 0) is 0 Å². The van der Waals surface area contributed by atoms with Crippen molar-refractivity contribution in [3.63, 3.8) is 0 Å². The fourth-order valence-electron chi connectivity index (χ4n) is 3.53. The summed E-state index contributed by atoms with van der Waals surface area (Å²) in [5.41, 5.74) is 0.346. The Morgan fingerprint density at radius 2 is 1.27 bits per heavy atom. The van der Waals surface area contributed by atoms with Crippen molar-refractivity contribution in [3.8, 4) is 34.1 Å². The Morgan fingerprint density at radius 1 is 0.667 bits per heavy atom. The second-order valence-electron chi connectivity index (χ2n) is 6.31. The van der Waals surface area contributed by atoms with E-state index in [1.165, 1.54) is 40.6 Å². The number of benzene rings is 2. The lowest BCUT2D eigenvalue weighted by molar-refractivity contribution is 0.352. The van der Waals surface area contributed by atoms with Crippen LogP contribution in [-0.4, -0.2) is 28.4 Å². The molecule has 0 bridgehead atoms. The summed E-state index contributed by atoms with van der Waals surface area (Å²) < 4.78 is 33.2. The lowest BCUT2D eigenvalue weighted by Gasteiger charge is -2.19. The normalized spacial score (nSPS) is 10.9. The molecule has 30 heavy (non-hydrogen) atoms. The van der Waals surface area contributed by atoms with Gasteiger partial charge in [-0.25, -0.2) is 9.59 Å². The minimum absolute atomic E-state index is 0.263. The smallest absolute Gasteiger partial charge is 0.336 e. The highest BCUT2D eigenvalue weighted by molar-refractivity contribution is 6.08. The highest BCUT2D eigenvalue weighted by Crippen LogP contribution is 2.51. The van der Waals surface area contributed by atoms with Crippen molar-refractivity contribution in [3.05, 3.63) is 57.2 Å². The van der Waals surface area contributed by atoms with Crippen molar-refractivity contribution >= 4 is 21.9 Å². The maximum atomic E-state index is 12.1. The van der Waals surface area contributed by atoms with Crippen molar-refractivity contribution in [1.82, 2.24) is 0 Å². The van der Waals surface area contributed by atoms with Crippen LogP contribution in [0, 0.1) is 0 Å². The Hall–Kier alpha value is -3.94. The van der Waals surface area contributed by atoms with Gasteiger partial charge in [0.15, 0.2) is 23.0 Å². The number of fused-ring (bicyclic) bond motifs is 2. The third-order valence-corrected chi connectivity index (χ3v) is 4.77. The van der Waals surface area contributed by atoms with E-state index in [0.717, 1.165) is 0 Å². The summed E-state index contributed by atoms with van der Waals surface area (Å²) in [6.07, 6.45) is 0. The van der Waals surface area contributed by atoms with Gasteiger partial charge in [0.05, 0.1) is 34.0 Å². The van der Waals surface area contributed by atoms with Gasteiger partial charge in [-0.15, -0.1) is 0 Å². The molecule has 2 heterocycles. The van der Waals surface area contributed by atoms with Gasteiger partial charge in [0, 0.05) is 34.5 Å². The molecular formula is C22H18O8. The number of hydrogen-bond acceptors (Lipinski definition) is 8. The first kappa shape index (κ1) is 19.4. The van der Waals surface area contributed by atoms with E-state index in [2.05, 4.69) is 0 Å². The van der Waals surface area contributed by atoms with Crippen LogP contribution < -0.4 is 30.2 Å². The van der Waals surface area contributed by atoms with E-state index in [9.17, 15) is 9.59 Å². The van der Waals surface area contributed by atoms with Crippen LogP contribution >= 0.6 is 0 Å². The summed E-state index contributed by atoms with van der Waals surface area (Å²) in [6, 6.07) is 9.10. The third kappa shape index (κ3) is 2.93. The summed E-state index contributed by atoms with van der Waals surface area (Å²) in [5, 5.41) is 1.14. The van der Waals surface area contributed by atoms with E-state index in [0.29, 0.717) is 44.9 Å². The molecule has 8 nitrogen and oxygen atoms in total. The molecule has 0 fully saturated rings. The monoisotopic (exact) mass is 410 g/mol. The second kappa shape index (κ2) is 7.47. The van der Waals surface area contributed by atoms with Crippen molar-refractivity contribution in [2.24, 2.45) is 0 Å². The van der Waals surface area contributed by atoms with Gasteiger partial charge >= 0.3 is 11.3 Å². The molecule has 0 aliphatic carbocycles. The van der Waals surface area contributed by atoms with Crippen LogP contribution in [0.15, 0.2) is 54.8 Å². The molecule has 0 atom stereocenters. The third-order valence-electron chi connectivity index (χ3n) is 4.77. The van der Waals surface area contributed by atoms with Crippen LogP contribution in [0.3, 0.4) is 0 Å². The largest absolute Gasteiger partial charge is 0.493 e. The topological polar surface area (TPSA) is 97.3 Å². The van der Waals surface area contributed by atoms with Gasteiger partial charge < -0.3 is 27.8 Å². The van der Waals surface area contributed by atoms with E-state index in [1.54, 1.807) is 24.3 Å². The highest BCUT2D eigenvalue weighted by Gasteiger charge is 2.27. The number of methoxy groups -OCH3 is 4. The van der Waals surface area contributed by atoms with Crippen LogP contribution in [0.25, 0.3) is 33.1 Å². The highest BCUT2D eigenvalue weighted by atomic mass is 16.5. The average molecular weight is 410 g/mol. The van der Waals surface area contributed by atoms with Crippen molar-refractivity contribution in [2.45, 2.75) is 0 Å². The second-order valence-corrected chi connectivity index (χ2v) is 6.31. The molecule has 0 saturated heterocycles. The minimum atomic E-state index is -0.534. The number of ether oxygens (including phenoxy) is 4. The van der Waals surface area contributed by atoms with Crippen molar-refractivity contribution < 1.29 is 27.8 Å². The molecule has 0 spiro atoms. The molecule has 2 aromatic carbocycles. The molecule has 0 aliphatic heterocycles. The first-order valence-corrected chi connectivity index (χ1v) is 8.90. The number of rotatable bonds is 5. The summed E-state index contributed by atoms with van der Waals surface area (Å²) in [6.45, 7) is 0. The maximum Gasteiger partial charge on any atom is 0.336 e. The fraction of sp³-hybridized carbons (Fsp3) is 0.182. The summed E-state index contributed by atoms with van der Waals surface area (Å²) in [4.78, 5) is 23.9. The summed E-state index contributed by atoms with van der Waals surface area (Å²) >= 11 is 0. The number of hydrogen-bond donors (Lipinski definition) is 0. The van der Waals surface area contributed by atoms with Crippen LogP contribution in [0.1, 0.15) is 0 Å². The lowest BCUT2D eigenvalue weighted by Crippen LogP contribution is -2.03. The predicted molar refractivity (Wildman–Crippen MR) is 110 cm³/mol. The van der Waals surface area contributed by atoms with E-state index in [4.69, 9.17) is 27.8 Å². The Labute approximate surface area is 170 Å². The average Bonchev–Trinajstić information content (AvgIpc) is 2.76. The Morgan fingerprint density at radius 3 is 1.93 bits per heavy atom. The van der Waals surface area contributed by atoms with E-state index in [1.807, 2.05) is 0 Å². The molecule has 0 N–H and O–H groups in total. The summed E-state index contributed by atoms with van der Waals surface area (Å²) in [7, 11) is 5.93. The fourth-order valence-corrected chi connectivity index (χ4v) is 3.53. The first-order valence-electron chi connectivity index (χ1n) is 8.90. The molecule has 0 saturated carbocycles. The van der Waals surface area contributed by atoms with Crippen molar-refractivity contribution in [2.75, 3.05) is 28.4 Å². The van der Waals surface area contributed by atoms with Crippen molar-refractivity contribution in [1.29, 1.82) is 0 Å². The Kier molecular flexibility index (Phi) is 4.83. The maximum absolute atomic E-state index is 12.1. The van der Waals surface area contributed by atoms with Gasteiger partial charge in [-0.2, -0.15) is 0 Å². The molecule has 0 aliphatic rings. The van der Waals surface area contributed by atoms with Gasteiger partial charge in [0.2, 0.25) is 0 Å². The summed E-state index contributed by atoms with van der Waals surface area (Å²) in [5.74, 6) is 1.41. The Balaban J connectivity index is 2.32.